The van der Waals surface area contributed by atoms with Crippen LogP contribution in [0.2, 0.25) is 0 Å². The molecule has 1 atom stereocenters. The summed E-state index contributed by atoms with van der Waals surface area (Å²) in [6.07, 6.45) is 2.22. The van der Waals surface area contributed by atoms with Crippen LogP contribution in [0, 0.1) is 13.8 Å². The second-order valence-electron chi connectivity index (χ2n) is 5.09. The molecule has 2 rings (SSSR count). The Morgan fingerprint density at radius 1 is 1.18 bits per heavy atom. The third-order valence-corrected chi connectivity index (χ3v) is 4.22. The number of aryl methyl sites for hydroxylation is 2. The number of benzene rings is 1. The first-order valence-electron chi connectivity index (χ1n) is 7.01. The predicted octanol–water partition coefficient (Wildman–Crippen LogP) is 4.19. The molecule has 0 N–H and O–H groups in total. The number of ketones is 1. The van der Waals surface area contributed by atoms with Crippen LogP contribution in [0.1, 0.15) is 33.3 Å². The Morgan fingerprint density at radius 2 is 1.95 bits per heavy atom. The van der Waals surface area contributed by atoms with Crippen LogP contribution in [-0.4, -0.2) is 17.9 Å². The van der Waals surface area contributed by atoms with Gasteiger partial charge in [-0.25, -0.2) is 4.79 Å². The maximum atomic E-state index is 12.3. The van der Waals surface area contributed by atoms with Crippen LogP contribution >= 0.6 is 11.3 Å². The van der Waals surface area contributed by atoms with Gasteiger partial charge in [-0.1, -0.05) is 18.2 Å². The van der Waals surface area contributed by atoms with E-state index in [4.69, 9.17) is 4.74 Å². The fourth-order valence-corrected chi connectivity index (χ4v) is 2.55. The molecule has 0 aliphatic rings. The molecule has 0 spiro atoms. The van der Waals surface area contributed by atoms with Crippen LogP contribution in [0.25, 0.3) is 6.08 Å². The summed E-state index contributed by atoms with van der Waals surface area (Å²) in [7, 11) is 0. The minimum Gasteiger partial charge on any atom is -0.451 e. The Morgan fingerprint density at radius 3 is 2.59 bits per heavy atom. The Hall–Kier alpha value is -2.20. The van der Waals surface area contributed by atoms with E-state index < -0.39 is 12.1 Å². The van der Waals surface area contributed by atoms with Gasteiger partial charge in [0, 0.05) is 16.5 Å². The van der Waals surface area contributed by atoms with Gasteiger partial charge in [-0.2, -0.15) is 0 Å². The highest BCUT2D eigenvalue weighted by Gasteiger charge is 2.18. The predicted molar refractivity (Wildman–Crippen MR) is 89.2 cm³/mol. The van der Waals surface area contributed by atoms with Gasteiger partial charge in [-0.05, 0) is 55.5 Å². The molecule has 0 amide bonds. The van der Waals surface area contributed by atoms with Crippen molar-refractivity contribution in [3.05, 3.63) is 63.4 Å². The second-order valence-corrected chi connectivity index (χ2v) is 6.07. The van der Waals surface area contributed by atoms with Gasteiger partial charge in [0.05, 0.1) is 0 Å². The van der Waals surface area contributed by atoms with E-state index in [0.29, 0.717) is 5.56 Å². The van der Waals surface area contributed by atoms with Crippen molar-refractivity contribution >= 4 is 29.2 Å². The molecule has 0 aliphatic carbocycles. The lowest BCUT2D eigenvalue weighted by atomic mass is 10.0. The quantitative estimate of drug-likeness (QED) is 0.472. The highest BCUT2D eigenvalue weighted by Crippen LogP contribution is 2.14. The Kier molecular flexibility index (Phi) is 5.28. The highest BCUT2D eigenvalue weighted by atomic mass is 32.1. The zero-order valence-electron chi connectivity index (χ0n) is 12.8. The van der Waals surface area contributed by atoms with Crippen molar-refractivity contribution in [2.75, 3.05) is 0 Å². The molecule has 4 heteroatoms. The van der Waals surface area contributed by atoms with Crippen LogP contribution in [0.5, 0.6) is 0 Å². The molecule has 0 saturated carbocycles. The van der Waals surface area contributed by atoms with E-state index in [1.54, 1.807) is 19.1 Å². The van der Waals surface area contributed by atoms with Gasteiger partial charge in [0.25, 0.3) is 0 Å². The number of carbonyl (C=O) groups is 2. The van der Waals surface area contributed by atoms with Crippen molar-refractivity contribution < 1.29 is 14.3 Å². The summed E-state index contributed by atoms with van der Waals surface area (Å²) in [6, 6.07) is 9.29. The Labute approximate surface area is 134 Å². The topological polar surface area (TPSA) is 43.4 Å². The van der Waals surface area contributed by atoms with Crippen molar-refractivity contribution in [1.29, 1.82) is 0 Å². The molecule has 0 saturated heterocycles. The van der Waals surface area contributed by atoms with E-state index in [2.05, 4.69) is 0 Å². The molecule has 0 aliphatic heterocycles. The van der Waals surface area contributed by atoms with Gasteiger partial charge >= 0.3 is 5.97 Å². The zero-order chi connectivity index (χ0) is 16.1. The van der Waals surface area contributed by atoms with Crippen molar-refractivity contribution in [2.45, 2.75) is 26.9 Å². The maximum Gasteiger partial charge on any atom is 0.331 e. The summed E-state index contributed by atoms with van der Waals surface area (Å²) >= 11 is 1.53. The third kappa shape index (κ3) is 4.15. The molecule has 1 aromatic carbocycles. The van der Waals surface area contributed by atoms with Gasteiger partial charge in [-0.15, -0.1) is 11.3 Å². The average Bonchev–Trinajstić information content (AvgIpc) is 3.00. The number of esters is 1. The van der Waals surface area contributed by atoms with Crippen LogP contribution in [0.4, 0.5) is 0 Å². The van der Waals surface area contributed by atoms with Crippen molar-refractivity contribution in [2.24, 2.45) is 0 Å². The van der Waals surface area contributed by atoms with Gasteiger partial charge in [-0.3, -0.25) is 4.79 Å². The first-order valence-corrected chi connectivity index (χ1v) is 7.89. The molecular formula is C18H18O3S. The number of hydrogen-bond donors (Lipinski definition) is 0. The smallest absolute Gasteiger partial charge is 0.331 e. The molecule has 114 valence electrons. The Bertz CT molecular complexity index is 699. The van der Waals surface area contributed by atoms with Crippen molar-refractivity contribution in [1.82, 2.24) is 0 Å². The summed E-state index contributed by atoms with van der Waals surface area (Å²) in [4.78, 5) is 25.0. The SMILES string of the molecule is Cc1ccc(C(=O)[C@H](C)OC(=O)/C=C/c2cccs2)cc1C. The Balaban J connectivity index is 1.98. The van der Waals surface area contributed by atoms with Crippen LogP contribution in [-0.2, 0) is 9.53 Å². The van der Waals surface area contributed by atoms with E-state index in [-0.39, 0.29) is 5.78 Å². The largest absolute Gasteiger partial charge is 0.451 e. The second kappa shape index (κ2) is 7.18. The monoisotopic (exact) mass is 314 g/mol. The van der Waals surface area contributed by atoms with Gasteiger partial charge in [0.1, 0.15) is 0 Å². The summed E-state index contributed by atoms with van der Waals surface area (Å²) in [5.41, 5.74) is 2.73. The molecule has 0 fully saturated rings. The molecule has 2 aromatic rings. The number of carbonyl (C=O) groups excluding carboxylic acids is 2. The molecule has 0 bridgehead atoms. The minimum absolute atomic E-state index is 0.194. The number of hydrogen-bond acceptors (Lipinski definition) is 4. The molecular weight excluding hydrogens is 296 g/mol. The summed E-state index contributed by atoms with van der Waals surface area (Å²) in [6.45, 7) is 5.53. The van der Waals surface area contributed by atoms with Crippen LogP contribution in [0.15, 0.2) is 41.8 Å². The van der Waals surface area contributed by atoms with Gasteiger partial charge in [0.15, 0.2) is 6.10 Å². The highest BCUT2D eigenvalue weighted by molar-refractivity contribution is 7.10. The lowest BCUT2D eigenvalue weighted by Crippen LogP contribution is -2.23. The summed E-state index contributed by atoms with van der Waals surface area (Å²) < 4.78 is 5.16. The van der Waals surface area contributed by atoms with Gasteiger partial charge < -0.3 is 4.74 Å². The molecule has 3 nitrogen and oxygen atoms in total. The van der Waals surface area contributed by atoms with Crippen molar-refractivity contribution in [3.63, 3.8) is 0 Å². The normalized spacial score (nSPS) is 12.3. The summed E-state index contributed by atoms with van der Waals surface area (Å²) in [5.74, 6) is -0.709. The van der Waals surface area contributed by atoms with Crippen molar-refractivity contribution in [3.8, 4) is 0 Å². The molecule has 22 heavy (non-hydrogen) atoms. The van der Waals surface area contributed by atoms with E-state index in [0.717, 1.165) is 16.0 Å². The zero-order valence-corrected chi connectivity index (χ0v) is 13.6. The number of ether oxygens (including phenoxy) is 1. The van der Waals surface area contributed by atoms with Crippen LogP contribution < -0.4 is 0 Å². The van der Waals surface area contributed by atoms with E-state index in [1.165, 1.54) is 17.4 Å². The number of thiophene rings is 1. The summed E-state index contributed by atoms with van der Waals surface area (Å²) in [5, 5.41) is 1.93. The van der Waals surface area contributed by atoms with E-state index in [1.807, 2.05) is 43.5 Å². The lowest BCUT2D eigenvalue weighted by Gasteiger charge is -2.12. The van der Waals surface area contributed by atoms with Crippen LogP contribution in [0.3, 0.4) is 0 Å². The number of rotatable bonds is 5. The first kappa shape index (κ1) is 16.2. The fraction of sp³-hybridized carbons (Fsp3) is 0.222. The first-order chi connectivity index (χ1) is 10.5. The van der Waals surface area contributed by atoms with Gasteiger partial charge in [0.2, 0.25) is 5.78 Å². The average molecular weight is 314 g/mol. The van der Waals surface area contributed by atoms with E-state index >= 15 is 0 Å². The minimum atomic E-state index is -0.803. The fourth-order valence-electron chi connectivity index (χ4n) is 1.93. The molecule has 0 radical (unpaired) electrons. The third-order valence-electron chi connectivity index (χ3n) is 3.38. The molecule has 0 unspecified atom stereocenters. The molecule has 1 heterocycles. The number of Topliss-reactive ketones (excluding diaryl/α,β-unsaturated/α-hetero) is 1. The maximum absolute atomic E-state index is 12.3. The standard InChI is InChI=1S/C18H18O3S/c1-12-6-7-15(11-13(12)2)18(20)14(3)21-17(19)9-8-16-5-4-10-22-16/h4-11,14H,1-3H3/b9-8+/t14-/m0/s1. The molecule has 1 aromatic heterocycles. The lowest BCUT2D eigenvalue weighted by molar-refractivity contribution is -0.140. The van der Waals surface area contributed by atoms with E-state index in [9.17, 15) is 9.59 Å².